The summed E-state index contributed by atoms with van der Waals surface area (Å²) in [6.07, 6.45) is 1.17. The smallest absolute Gasteiger partial charge is 0.416 e. The molecule has 4 N–H and O–H groups in total. The number of aromatic nitrogens is 1. The highest BCUT2D eigenvalue weighted by Crippen LogP contribution is 2.74. The highest BCUT2D eigenvalue weighted by Gasteiger charge is 2.80. The molecule has 2 heterocycles. The van der Waals surface area contributed by atoms with Gasteiger partial charge in [0.15, 0.2) is 0 Å². The van der Waals surface area contributed by atoms with Gasteiger partial charge >= 0.3 is 12.2 Å². The number of allylic oxidation sites excluding steroid dienone is 4. The number of alkyl halides is 3. The molecule has 2 fully saturated rings. The lowest BCUT2D eigenvalue weighted by atomic mass is 10.0. The molecule has 0 spiro atoms. The number of carbonyl (C=O) groups is 2. The highest BCUT2D eigenvalue weighted by molar-refractivity contribution is 5.93. The van der Waals surface area contributed by atoms with Crippen molar-refractivity contribution < 1.29 is 37.0 Å². The molecule has 3 amide bonds. The summed E-state index contributed by atoms with van der Waals surface area (Å²) >= 11 is 0. The molecular formula is C27H24F4N4O4. The average molecular weight is 545 g/mol. The van der Waals surface area contributed by atoms with E-state index in [0.29, 0.717) is 54.3 Å². The van der Waals surface area contributed by atoms with Crippen molar-refractivity contribution in [3.63, 3.8) is 0 Å². The number of amides is 3. The molecule has 1 aromatic heterocycles. The summed E-state index contributed by atoms with van der Waals surface area (Å²) in [4.78, 5) is 28.2. The molecule has 1 aliphatic heterocycles. The van der Waals surface area contributed by atoms with E-state index >= 15 is 0 Å². The predicted molar refractivity (Wildman–Crippen MR) is 133 cm³/mol. The van der Waals surface area contributed by atoms with Gasteiger partial charge in [0.1, 0.15) is 28.9 Å². The number of fused-ring (bicyclic) bond motifs is 2. The van der Waals surface area contributed by atoms with Crippen molar-refractivity contribution in [1.29, 1.82) is 0 Å². The quantitative estimate of drug-likeness (QED) is 0.206. The van der Waals surface area contributed by atoms with E-state index in [1.807, 2.05) is 0 Å². The number of ether oxygens (including phenoxy) is 1. The fourth-order valence-corrected chi connectivity index (χ4v) is 4.91. The molecular weight excluding hydrogens is 520 g/mol. The van der Waals surface area contributed by atoms with Crippen molar-refractivity contribution in [3.05, 3.63) is 83.2 Å². The second-order valence-electron chi connectivity index (χ2n) is 9.78. The molecule has 0 unspecified atom stereocenters. The maximum atomic E-state index is 13.6. The Morgan fingerprint density at radius 3 is 2.77 bits per heavy atom. The van der Waals surface area contributed by atoms with E-state index in [-0.39, 0.29) is 29.2 Å². The summed E-state index contributed by atoms with van der Waals surface area (Å²) in [6.45, 7) is 5.62. The van der Waals surface area contributed by atoms with Gasteiger partial charge in [-0.1, -0.05) is 6.58 Å². The monoisotopic (exact) mass is 544 g/mol. The van der Waals surface area contributed by atoms with E-state index < -0.39 is 29.1 Å². The highest BCUT2D eigenvalue weighted by atomic mass is 19.4. The van der Waals surface area contributed by atoms with Crippen LogP contribution in [-0.2, 0) is 17.4 Å². The van der Waals surface area contributed by atoms with Gasteiger partial charge in [0.2, 0.25) is 5.91 Å². The summed E-state index contributed by atoms with van der Waals surface area (Å²) in [5.41, 5.74) is -1.02. The van der Waals surface area contributed by atoms with E-state index in [0.717, 1.165) is 11.6 Å². The van der Waals surface area contributed by atoms with Crippen LogP contribution in [0.15, 0.2) is 66.3 Å². The number of pyridine rings is 1. The van der Waals surface area contributed by atoms with E-state index in [9.17, 15) is 32.3 Å². The first-order valence-electron chi connectivity index (χ1n) is 12.1. The number of nitrogens with one attached hydrogen (secondary N) is 3. The van der Waals surface area contributed by atoms with Crippen LogP contribution < -0.4 is 20.7 Å². The van der Waals surface area contributed by atoms with Gasteiger partial charge in [-0.05, 0) is 67.7 Å². The summed E-state index contributed by atoms with van der Waals surface area (Å²) in [6, 6.07) is 2.69. The zero-order valence-corrected chi connectivity index (χ0v) is 20.7. The number of nitrogens with zero attached hydrogens (tertiary/aromatic N) is 1. The standard InChI is InChI=1S/C27H24F4N4O4/c1-13(39-21-7-8-32-24-18(21)4-6-22(37)34-24)3-5-20(36)14(2)23-19-12-26(19,23)35-25(38)33-17-10-15(27(29,30)31)9-16(28)11-17/h3,5,7-11,19,23,36H,2,4,6,12H2,1H3,(H,32,34,37)(H2,33,35,38)/b13-3+,20-5+/t19-,23+,26-/m0/s1. The molecule has 39 heavy (non-hydrogen) atoms. The molecule has 0 bridgehead atoms. The minimum atomic E-state index is -4.76. The molecule has 204 valence electrons. The van der Waals surface area contributed by atoms with Crippen LogP contribution >= 0.6 is 0 Å². The fourth-order valence-electron chi connectivity index (χ4n) is 4.91. The lowest BCUT2D eigenvalue weighted by molar-refractivity contribution is -0.137. The molecule has 1 aromatic carbocycles. The van der Waals surface area contributed by atoms with Gasteiger partial charge in [-0.2, -0.15) is 13.2 Å². The third-order valence-electron chi connectivity index (χ3n) is 7.06. The Kier molecular flexibility index (Phi) is 6.36. The predicted octanol–water partition coefficient (Wildman–Crippen LogP) is 5.62. The number of rotatable bonds is 7. The third-order valence-corrected chi connectivity index (χ3v) is 7.06. The van der Waals surface area contributed by atoms with Crippen LogP contribution in [0.2, 0.25) is 0 Å². The molecule has 3 atom stereocenters. The molecule has 2 saturated carbocycles. The summed E-state index contributed by atoms with van der Waals surface area (Å²) in [7, 11) is 0. The second-order valence-corrected chi connectivity index (χ2v) is 9.78. The molecule has 3 aliphatic rings. The summed E-state index contributed by atoms with van der Waals surface area (Å²) < 4.78 is 58.3. The Morgan fingerprint density at radius 1 is 1.28 bits per heavy atom. The number of anilines is 2. The number of hydrogen-bond acceptors (Lipinski definition) is 5. The molecule has 8 nitrogen and oxygen atoms in total. The number of benzene rings is 1. The van der Waals surface area contributed by atoms with Gasteiger partial charge in [0.25, 0.3) is 0 Å². The van der Waals surface area contributed by atoms with Crippen LogP contribution in [0.1, 0.15) is 30.9 Å². The number of aliphatic hydroxyl groups excluding tert-OH is 1. The largest absolute Gasteiger partial charge is 0.508 e. The topological polar surface area (TPSA) is 113 Å². The molecule has 0 radical (unpaired) electrons. The second kappa shape index (κ2) is 9.44. The lowest BCUT2D eigenvalue weighted by Gasteiger charge is -2.19. The summed E-state index contributed by atoms with van der Waals surface area (Å²) in [5.74, 6) is -0.110. The van der Waals surface area contributed by atoms with Gasteiger partial charge in [0.05, 0.1) is 11.1 Å². The Balaban J connectivity index is 1.18. The fraction of sp³-hybridized carbons (Fsp3) is 0.296. The van der Waals surface area contributed by atoms with E-state index in [1.54, 1.807) is 19.1 Å². The normalized spacial score (nSPS) is 23.7. The van der Waals surface area contributed by atoms with Crippen LogP contribution in [-0.4, -0.2) is 27.6 Å². The Hall–Kier alpha value is -4.35. The minimum Gasteiger partial charge on any atom is -0.508 e. The molecule has 0 saturated heterocycles. The maximum Gasteiger partial charge on any atom is 0.416 e. The molecule has 5 rings (SSSR count). The van der Waals surface area contributed by atoms with Crippen molar-refractivity contribution in [3.8, 4) is 5.75 Å². The number of urea groups is 1. The first kappa shape index (κ1) is 26.3. The van der Waals surface area contributed by atoms with Gasteiger partial charge in [-0.3, -0.25) is 4.79 Å². The molecule has 12 heteroatoms. The van der Waals surface area contributed by atoms with Crippen molar-refractivity contribution in [1.82, 2.24) is 10.3 Å². The number of carbonyl (C=O) groups excluding carboxylic acids is 2. The Labute approximate surface area is 220 Å². The summed E-state index contributed by atoms with van der Waals surface area (Å²) in [5, 5.41) is 18.2. The SMILES string of the molecule is C=C(/C(O)=C\C=C(/C)Oc1ccnc2c1CCC(=O)N2)[C@@H]1[C@@H]2C[C@@]12NC(=O)Nc1cc(F)cc(C(F)(F)F)c1. The Morgan fingerprint density at radius 2 is 2.05 bits per heavy atom. The first-order valence-corrected chi connectivity index (χ1v) is 12.1. The third kappa shape index (κ3) is 5.31. The average Bonchev–Trinajstić information content (AvgIpc) is 3.71. The number of halogens is 4. The van der Waals surface area contributed by atoms with E-state index in [4.69, 9.17) is 4.74 Å². The van der Waals surface area contributed by atoms with E-state index in [2.05, 4.69) is 27.5 Å². The van der Waals surface area contributed by atoms with Gasteiger partial charge in [-0.15, -0.1) is 0 Å². The number of aliphatic hydroxyl groups is 1. The maximum absolute atomic E-state index is 13.6. The van der Waals surface area contributed by atoms with Gasteiger partial charge < -0.3 is 25.8 Å². The molecule has 2 aromatic rings. The van der Waals surface area contributed by atoms with Gasteiger partial charge in [0, 0.05) is 29.8 Å². The molecule has 2 aliphatic carbocycles. The van der Waals surface area contributed by atoms with Crippen LogP contribution in [0.4, 0.5) is 33.9 Å². The van der Waals surface area contributed by atoms with Crippen molar-refractivity contribution >= 4 is 23.4 Å². The van der Waals surface area contributed by atoms with Crippen LogP contribution in [0.3, 0.4) is 0 Å². The van der Waals surface area contributed by atoms with Crippen molar-refractivity contribution in [2.45, 2.75) is 37.9 Å². The lowest BCUT2D eigenvalue weighted by Crippen LogP contribution is -2.37. The zero-order chi connectivity index (χ0) is 28.1. The minimum absolute atomic E-state index is 0.0319. The van der Waals surface area contributed by atoms with E-state index in [1.165, 1.54) is 12.3 Å². The zero-order valence-electron chi connectivity index (χ0n) is 20.7. The first-order chi connectivity index (χ1) is 18.4. The Bertz CT molecular complexity index is 1450. The van der Waals surface area contributed by atoms with Gasteiger partial charge in [-0.25, -0.2) is 14.2 Å². The van der Waals surface area contributed by atoms with Crippen LogP contribution in [0, 0.1) is 17.7 Å². The van der Waals surface area contributed by atoms with Crippen LogP contribution in [0.25, 0.3) is 0 Å². The number of hydrogen-bond donors (Lipinski definition) is 4. The van der Waals surface area contributed by atoms with Crippen molar-refractivity contribution in [2.24, 2.45) is 11.8 Å². The van der Waals surface area contributed by atoms with Crippen molar-refractivity contribution in [2.75, 3.05) is 10.6 Å². The van der Waals surface area contributed by atoms with Crippen LogP contribution in [0.5, 0.6) is 5.75 Å².